The number of ketones is 1. The number of benzene rings is 3. The summed E-state index contributed by atoms with van der Waals surface area (Å²) < 4.78 is 0. The predicted octanol–water partition coefficient (Wildman–Crippen LogP) is 4.74. The van der Waals surface area contributed by atoms with Crippen molar-refractivity contribution in [3.05, 3.63) is 101 Å². The van der Waals surface area contributed by atoms with Crippen molar-refractivity contribution < 1.29 is 4.79 Å². The monoisotopic (exact) mass is 313 g/mol. The van der Waals surface area contributed by atoms with E-state index < -0.39 is 5.54 Å². The van der Waals surface area contributed by atoms with E-state index >= 15 is 0 Å². The predicted molar refractivity (Wildman–Crippen MR) is 97.4 cm³/mol. The van der Waals surface area contributed by atoms with Crippen LogP contribution in [0.5, 0.6) is 0 Å². The molecule has 3 aromatic carbocycles. The van der Waals surface area contributed by atoms with Gasteiger partial charge in [-0.2, -0.15) is 0 Å². The van der Waals surface area contributed by atoms with Crippen LogP contribution in [-0.2, 0) is 12.0 Å². The number of aryl methyl sites for hydroxylation is 1. The Balaban J connectivity index is 1.88. The van der Waals surface area contributed by atoms with Gasteiger partial charge in [0.25, 0.3) is 0 Å². The maximum absolute atomic E-state index is 13.4. The number of rotatable bonds is 3. The average molecular weight is 313 g/mol. The molecular formula is C22H19NO. The summed E-state index contributed by atoms with van der Waals surface area (Å²) in [5.41, 5.74) is 4.27. The van der Waals surface area contributed by atoms with E-state index in [-0.39, 0.29) is 5.78 Å². The van der Waals surface area contributed by atoms with E-state index in [0.29, 0.717) is 6.42 Å². The number of carbonyl (C=O) groups excluding carboxylic acids is 1. The fourth-order valence-electron chi connectivity index (χ4n) is 3.58. The van der Waals surface area contributed by atoms with Crippen LogP contribution in [0.15, 0.2) is 78.9 Å². The number of fused-ring (bicyclic) bond motifs is 1. The van der Waals surface area contributed by atoms with Crippen LogP contribution >= 0.6 is 0 Å². The van der Waals surface area contributed by atoms with Crippen molar-refractivity contribution in [2.45, 2.75) is 18.9 Å². The van der Waals surface area contributed by atoms with Gasteiger partial charge in [0.2, 0.25) is 0 Å². The third-order valence-corrected chi connectivity index (χ3v) is 4.82. The highest BCUT2D eigenvalue weighted by atomic mass is 16.1. The summed E-state index contributed by atoms with van der Waals surface area (Å²) in [5, 5.41) is 3.58. The van der Waals surface area contributed by atoms with Gasteiger partial charge in [0.15, 0.2) is 5.78 Å². The third-order valence-electron chi connectivity index (χ3n) is 4.82. The summed E-state index contributed by atoms with van der Waals surface area (Å²) in [7, 11) is 0. The average Bonchev–Trinajstić information content (AvgIpc) is 2.92. The molecule has 2 heteroatoms. The second kappa shape index (κ2) is 5.64. The molecule has 4 rings (SSSR count). The highest BCUT2D eigenvalue weighted by Crippen LogP contribution is 2.42. The molecule has 1 heterocycles. The Morgan fingerprint density at radius 1 is 0.833 bits per heavy atom. The molecular weight excluding hydrogens is 294 g/mol. The molecule has 1 aliphatic heterocycles. The second-order valence-electron chi connectivity index (χ2n) is 6.39. The van der Waals surface area contributed by atoms with Crippen molar-refractivity contribution in [2.24, 2.45) is 0 Å². The van der Waals surface area contributed by atoms with Crippen LogP contribution in [0.1, 0.15) is 27.0 Å². The molecule has 0 amide bonds. The Bertz CT molecular complexity index is 886. The van der Waals surface area contributed by atoms with Gasteiger partial charge in [-0.15, -0.1) is 0 Å². The van der Waals surface area contributed by atoms with Crippen molar-refractivity contribution in [1.29, 1.82) is 0 Å². The zero-order valence-corrected chi connectivity index (χ0v) is 13.6. The lowest BCUT2D eigenvalue weighted by Gasteiger charge is -2.29. The third kappa shape index (κ3) is 2.23. The van der Waals surface area contributed by atoms with E-state index in [0.717, 1.165) is 27.9 Å². The number of hydrogen-bond donors (Lipinski definition) is 1. The molecule has 1 atom stereocenters. The first-order chi connectivity index (χ1) is 11.7. The van der Waals surface area contributed by atoms with Crippen LogP contribution in [0, 0.1) is 6.92 Å². The molecule has 1 aliphatic rings. The van der Waals surface area contributed by atoms with Gasteiger partial charge in [-0.25, -0.2) is 0 Å². The summed E-state index contributed by atoms with van der Waals surface area (Å²) in [4.78, 5) is 13.4. The van der Waals surface area contributed by atoms with Crippen molar-refractivity contribution in [2.75, 3.05) is 5.32 Å². The summed E-state index contributed by atoms with van der Waals surface area (Å²) in [6.45, 7) is 2.04. The van der Waals surface area contributed by atoms with E-state index in [1.54, 1.807) is 0 Å². The molecule has 3 aromatic rings. The van der Waals surface area contributed by atoms with E-state index in [1.807, 2.05) is 73.7 Å². The van der Waals surface area contributed by atoms with Gasteiger partial charge in [0.1, 0.15) is 5.54 Å². The molecule has 0 radical (unpaired) electrons. The van der Waals surface area contributed by atoms with Crippen molar-refractivity contribution >= 4 is 11.5 Å². The molecule has 2 nitrogen and oxygen atoms in total. The molecule has 24 heavy (non-hydrogen) atoms. The second-order valence-corrected chi connectivity index (χ2v) is 6.39. The topological polar surface area (TPSA) is 29.1 Å². The Morgan fingerprint density at radius 2 is 1.50 bits per heavy atom. The first kappa shape index (κ1) is 14.7. The summed E-state index contributed by atoms with van der Waals surface area (Å²) in [6, 6.07) is 26.2. The van der Waals surface area contributed by atoms with Crippen LogP contribution in [0.4, 0.5) is 5.69 Å². The van der Waals surface area contributed by atoms with Gasteiger partial charge in [-0.05, 0) is 29.7 Å². The molecule has 0 aliphatic carbocycles. The molecule has 1 N–H and O–H groups in total. The van der Waals surface area contributed by atoms with Crippen LogP contribution in [0.3, 0.4) is 0 Å². The lowest BCUT2D eigenvalue weighted by Crippen LogP contribution is -2.41. The van der Waals surface area contributed by atoms with Gasteiger partial charge in [0.05, 0.1) is 0 Å². The van der Waals surface area contributed by atoms with Gasteiger partial charge in [-0.3, -0.25) is 4.79 Å². The van der Waals surface area contributed by atoms with Crippen molar-refractivity contribution in [3.63, 3.8) is 0 Å². The SMILES string of the molecule is Cc1cccc2c1NC(Cc1ccccc1)(c1ccccc1)C2=O. The molecule has 0 fully saturated rings. The Hall–Kier alpha value is -2.87. The Labute approximate surface area is 142 Å². The molecule has 118 valence electrons. The minimum atomic E-state index is -0.739. The molecule has 0 bridgehead atoms. The number of anilines is 1. The molecule has 1 unspecified atom stereocenters. The fourth-order valence-corrected chi connectivity index (χ4v) is 3.58. The molecule has 0 saturated carbocycles. The van der Waals surface area contributed by atoms with Gasteiger partial charge in [0, 0.05) is 17.7 Å². The van der Waals surface area contributed by atoms with E-state index in [2.05, 4.69) is 17.4 Å². The van der Waals surface area contributed by atoms with Crippen LogP contribution in [0.2, 0.25) is 0 Å². The first-order valence-electron chi connectivity index (χ1n) is 8.23. The minimum Gasteiger partial charge on any atom is -0.368 e. The lowest BCUT2D eigenvalue weighted by molar-refractivity contribution is 0.0916. The number of carbonyl (C=O) groups is 1. The summed E-state index contributed by atoms with van der Waals surface area (Å²) in [6.07, 6.45) is 0.630. The number of nitrogens with one attached hydrogen (secondary N) is 1. The van der Waals surface area contributed by atoms with E-state index in [1.165, 1.54) is 0 Å². The van der Waals surface area contributed by atoms with E-state index in [9.17, 15) is 4.79 Å². The van der Waals surface area contributed by atoms with Crippen LogP contribution in [-0.4, -0.2) is 5.78 Å². The number of hydrogen-bond acceptors (Lipinski definition) is 2. The molecule has 0 saturated heterocycles. The summed E-state index contributed by atoms with van der Waals surface area (Å²) in [5.74, 6) is 0.149. The lowest BCUT2D eigenvalue weighted by atomic mass is 9.80. The highest BCUT2D eigenvalue weighted by Gasteiger charge is 2.46. The Kier molecular flexibility index (Phi) is 3.46. The zero-order chi connectivity index (χ0) is 16.6. The quantitative estimate of drug-likeness (QED) is 0.756. The molecule has 0 aromatic heterocycles. The smallest absolute Gasteiger partial charge is 0.195 e. The van der Waals surface area contributed by atoms with Gasteiger partial charge >= 0.3 is 0 Å². The van der Waals surface area contributed by atoms with Crippen molar-refractivity contribution in [1.82, 2.24) is 0 Å². The minimum absolute atomic E-state index is 0.149. The maximum atomic E-state index is 13.4. The molecule has 0 spiro atoms. The Morgan fingerprint density at radius 3 is 2.17 bits per heavy atom. The number of Topliss-reactive ketones (excluding diaryl/α,β-unsaturated/α-hetero) is 1. The summed E-state index contributed by atoms with van der Waals surface area (Å²) >= 11 is 0. The number of para-hydroxylation sites is 1. The maximum Gasteiger partial charge on any atom is 0.195 e. The van der Waals surface area contributed by atoms with Crippen LogP contribution in [0.25, 0.3) is 0 Å². The van der Waals surface area contributed by atoms with E-state index in [4.69, 9.17) is 0 Å². The standard InChI is InChI=1S/C22H19NO/c1-16-9-8-14-19-20(16)23-22(21(19)24,18-12-6-3-7-13-18)15-17-10-4-2-5-11-17/h2-14,23H,15H2,1H3. The highest BCUT2D eigenvalue weighted by molar-refractivity contribution is 6.14. The largest absolute Gasteiger partial charge is 0.368 e. The van der Waals surface area contributed by atoms with Crippen molar-refractivity contribution in [3.8, 4) is 0 Å². The normalized spacial score (nSPS) is 19.0. The first-order valence-corrected chi connectivity index (χ1v) is 8.23. The zero-order valence-electron chi connectivity index (χ0n) is 13.6. The van der Waals surface area contributed by atoms with Gasteiger partial charge < -0.3 is 5.32 Å². The van der Waals surface area contributed by atoms with Gasteiger partial charge in [-0.1, -0.05) is 72.8 Å². The fraction of sp³-hybridized carbons (Fsp3) is 0.136. The van der Waals surface area contributed by atoms with Crippen LogP contribution < -0.4 is 5.32 Å².